The molecule has 0 N–H and O–H groups in total. The first-order valence-electron chi connectivity index (χ1n) is 9.92. The molecule has 3 aliphatic rings. The van der Waals surface area contributed by atoms with E-state index in [0.717, 1.165) is 17.3 Å². The van der Waals surface area contributed by atoms with Crippen molar-refractivity contribution >= 4 is 5.97 Å². The highest BCUT2D eigenvalue weighted by Gasteiger charge is 2.71. The number of epoxide rings is 1. The number of hydrogen-bond acceptors (Lipinski definition) is 3. The fourth-order valence-corrected chi connectivity index (χ4v) is 5.27. The summed E-state index contributed by atoms with van der Waals surface area (Å²) in [6.07, 6.45) is 1.70. The smallest absolute Gasteiger partial charge is 0.353 e. The van der Waals surface area contributed by atoms with Crippen molar-refractivity contribution in [3.05, 3.63) is 71.8 Å². The van der Waals surface area contributed by atoms with E-state index in [0.29, 0.717) is 23.2 Å². The van der Waals surface area contributed by atoms with Gasteiger partial charge < -0.3 is 14.0 Å². The van der Waals surface area contributed by atoms with Crippen molar-refractivity contribution in [3.8, 4) is 0 Å². The minimum Gasteiger partial charge on any atom is -0.459 e. The molecule has 0 saturated carbocycles. The average molecular weight is 382 g/mol. The molecular weight excluding hydrogens is 357 g/mol. The maximum Gasteiger partial charge on any atom is 0.353 e. The molecule has 0 radical (unpaired) electrons. The lowest BCUT2D eigenvalue weighted by Gasteiger charge is -2.45. The lowest BCUT2D eigenvalue weighted by atomic mass is 9.88. The number of hydrogen-bond donors (Lipinski definition) is 0. The normalized spacial score (nSPS) is 32.5. The van der Waals surface area contributed by atoms with Gasteiger partial charge in [0.1, 0.15) is 30.4 Å². The van der Waals surface area contributed by atoms with Gasteiger partial charge in [-0.25, -0.2) is 9.18 Å². The first kappa shape index (κ1) is 17.8. The van der Waals surface area contributed by atoms with E-state index in [4.69, 9.17) is 9.47 Å². The van der Waals surface area contributed by atoms with Gasteiger partial charge >= 0.3 is 5.97 Å². The zero-order valence-corrected chi connectivity index (χ0v) is 16.1. The number of carbonyl (C=O) groups excluding carboxylic acids is 1. The third kappa shape index (κ3) is 2.53. The van der Waals surface area contributed by atoms with Gasteiger partial charge in [0, 0.05) is 24.0 Å². The second-order valence-corrected chi connectivity index (χ2v) is 8.72. The number of alkyl halides is 1. The van der Waals surface area contributed by atoms with Crippen LogP contribution in [0.4, 0.5) is 4.39 Å². The Morgan fingerprint density at radius 3 is 1.89 bits per heavy atom. The highest BCUT2D eigenvalue weighted by Crippen LogP contribution is 2.52. The van der Waals surface area contributed by atoms with Crippen LogP contribution in [-0.2, 0) is 19.9 Å². The van der Waals surface area contributed by atoms with Crippen LogP contribution in [0.5, 0.6) is 0 Å². The van der Waals surface area contributed by atoms with Crippen molar-refractivity contribution in [3.63, 3.8) is 0 Å². The predicted octanol–water partition coefficient (Wildman–Crippen LogP) is 3.20. The van der Waals surface area contributed by atoms with Crippen LogP contribution >= 0.6 is 0 Å². The molecule has 0 aliphatic carbocycles. The van der Waals surface area contributed by atoms with Crippen molar-refractivity contribution in [1.29, 1.82) is 0 Å². The van der Waals surface area contributed by atoms with E-state index >= 15 is 4.39 Å². The Morgan fingerprint density at radius 1 is 0.964 bits per heavy atom. The van der Waals surface area contributed by atoms with Gasteiger partial charge in [-0.15, -0.1) is 0 Å². The molecule has 28 heavy (non-hydrogen) atoms. The minimum absolute atomic E-state index is 0.266. The Morgan fingerprint density at radius 2 is 1.43 bits per heavy atom. The molecule has 0 amide bonds. The molecule has 3 heterocycles. The Kier molecular flexibility index (Phi) is 3.90. The Hall–Kier alpha value is -2.24. The topological polar surface area (TPSA) is 38.8 Å². The second kappa shape index (κ2) is 6.13. The van der Waals surface area contributed by atoms with Crippen molar-refractivity contribution in [1.82, 2.24) is 0 Å². The van der Waals surface area contributed by atoms with E-state index in [-0.39, 0.29) is 18.3 Å². The van der Waals surface area contributed by atoms with Gasteiger partial charge in [0.15, 0.2) is 0 Å². The summed E-state index contributed by atoms with van der Waals surface area (Å²) in [4.78, 5) is 13.2. The monoisotopic (exact) mass is 382 g/mol. The number of likely N-dealkylation sites (N-methyl/N-ethyl adjacent to an activating group) is 1. The number of benzene rings is 2. The van der Waals surface area contributed by atoms with Gasteiger partial charge in [-0.2, -0.15) is 0 Å². The maximum absolute atomic E-state index is 16.3. The Bertz CT molecular complexity index is 826. The molecule has 5 rings (SSSR count). The van der Waals surface area contributed by atoms with E-state index in [9.17, 15) is 4.79 Å². The summed E-state index contributed by atoms with van der Waals surface area (Å²) in [5, 5.41) is 0. The highest BCUT2D eigenvalue weighted by atomic mass is 19.1. The summed E-state index contributed by atoms with van der Waals surface area (Å²) in [7, 11) is 4.44. The standard InChI is InChI=1S/C23H25FNO3/c1-25(2)18-13-17(14-19(25)21-20(18)28-21)27-22(26)23(24,15-9-5-3-6-10-15)16-11-7-4-8-12-16/h3-12,17-21H,13-14H2,1-2H3/q+1/t17?,18-,19?,20+,21?/m0/s1. The Labute approximate surface area is 164 Å². The van der Waals surface area contributed by atoms with Gasteiger partial charge in [-0.3, -0.25) is 0 Å². The lowest BCUT2D eigenvalue weighted by Crippen LogP contribution is -2.60. The summed E-state index contributed by atoms with van der Waals surface area (Å²) >= 11 is 0. The quantitative estimate of drug-likeness (QED) is 0.463. The molecule has 3 unspecified atom stereocenters. The number of esters is 1. The van der Waals surface area contributed by atoms with Crippen molar-refractivity contribution in [2.24, 2.45) is 0 Å². The van der Waals surface area contributed by atoms with E-state index in [1.807, 2.05) is 12.1 Å². The molecular formula is C23H25FNO3+. The number of morpholine rings is 1. The maximum atomic E-state index is 16.3. The first-order chi connectivity index (χ1) is 13.4. The predicted molar refractivity (Wildman–Crippen MR) is 102 cm³/mol. The van der Waals surface area contributed by atoms with E-state index < -0.39 is 11.6 Å². The zero-order valence-electron chi connectivity index (χ0n) is 16.1. The number of ether oxygens (including phenoxy) is 2. The Balaban J connectivity index is 1.42. The second-order valence-electron chi connectivity index (χ2n) is 8.72. The van der Waals surface area contributed by atoms with E-state index in [2.05, 4.69) is 14.1 Å². The number of halogens is 1. The van der Waals surface area contributed by atoms with Gasteiger partial charge in [0.05, 0.1) is 14.1 Å². The molecule has 3 saturated heterocycles. The van der Waals surface area contributed by atoms with Gasteiger partial charge in [0.25, 0.3) is 5.67 Å². The summed E-state index contributed by atoms with van der Waals surface area (Å²) < 4.78 is 28.9. The van der Waals surface area contributed by atoms with Gasteiger partial charge in [-0.05, 0) is 0 Å². The molecule has 0 spiro atoms. The fraction of sp³-hybridized carbons (Fsp3) is 0.435. The molecule has 2 aromatic carbocycles. The number of rotatable bonds is 4. The summed E-state index contributed by atoms with van der Waals surface area (Å²) in [6, 6.07) is 17.8. The largest absolute Gasteiger partial charge is 0.459 e. The number of quaternary nitrogens is 1. The molecule has 0 aromatic heterocycles. The summed E-state index contributed by atoms with van der Waals surface area (Å²) in [5.41, 5.74) is -1.72. The summed E-state index contributed by atoms with van der Waals surface area (Å²) in [5.74, 6) is -0.823. The van der Waals surface area contributed by atoms with Crippen LogP contribution in [-0.4, -0.2) is 54.9 Å². The third-order valence-electron chi connectivity index (χ3n) is 6.94. The fourth-order valence-electron chi connectivity index (χ4n) is 5.27. The number of fused-ring (bicyclic) bond motifs is 5. The van der Waals surface area contributed by atoms with Crippen LogP contribution < -0.4 is 0 Å². The average Bonchev–Trinajstić information content (AvgIpc) is 3.47. The van der Waals surface area contributed by atoms with Gasteiger partial charge in [0.2, 0.25) is 0 Å². The molecule has 4 nitrogen and oxygen atoms in total. The van der Waals surface area contributed by atoms with Crippen LogP contribution in [0.3, 0.4) is 0 Å². The van der Waals surface area contributed by atoms with Crippen molar-refractivity contribution in [2.45, 2.75) is 48.9 Å². The van der Waals surface area contributed by atoms with Crippen molar-refractivity contribution in [2.75, 3.05) is 14.1 Å². The molecule has 5 atom stereocenters. The molecule has 5 heteroatoms. The summed E-state index contributed by atoms with van der Waals surface area (Å²) in [6.45, 7) is 0. The van der Waals surface area contributed by atoms with Gasteiger partial charge in [-0.1, -0.05) is 60.7 Å². The highest BCUT2D eigenvalue weighted by molar-refractivity contribution is 5.85. The first-order valence-corrected chi connectivity index (χ1v) is 9.92. The number of carbonyl (C=O) groups is 1. The number of nitrogens with zero attached hydrogens (tertiary/aromatic N) is 1. The SMILES string of the molecule is C[N+]1(C)C2CC(OC(=O)C(F)(c3ccccc3)c3ccccc3)C[C@H]1[C@H]1OC21. The van der Waals surface area contributed by atoms with Crippen molar-refractivity contribution < 1.29 is 23.1 Å². The molecule has 3 aliphatic heterocycles. The molecule has 2 bridgehead atoms. The number of piperidine rings is 1. The minimum atomic E-state index is -2.32. The zero-order chi connectivity index (χ0) is 19.5. The third-order valence-corrected chi connectivity index (χ3v) is 6.94. The molecule has 3 fully saturated rings. The van der Waals surface area contributed by atoms with Crippen LogP contribution in [0.1, 0.15) is 24.0 Å². The van der Waals surface area contributed by atoms with Crippen LogP contribution in [0.2, 0.25) is 0 Å². The molecule has 146 valence electrons. The van der Waals surface area contributed by atoms with Crippen LogP contribution in [0.25, 0.3) is 0 Å². The van der Waals surface area contributed by atoms with Crippen LogP contribution in [0.15, 0.2) is 60.7 Å². The lowest BCUT2D eigenvalue weighted by molar-refractivity contribution is -0.938. The molecule has 2 aromatic rings. The van der Waals surface area contributed by atoms with E-state index in [1.165, 1.54) is 0 Å². The van der Waals surface area contributed by atoms with E-state index in [1.54, 1.807) is 48.5 Å². The van der Waals surface area contributed by atoms with Crippen LogP contribution in [0, 0.1) is 0 Å².